The summed E-state index contributed by atoms with van der Waals surface area (Å²) in [6, 6.07) is 13.0. The number of carbonyl (C=O) groups is 1. The van der Waals surface area contributed by atoms with E-state index in [-0.39, 0.29) is 12.2 Å². The maximum absolute atomic E-state index is 12.1. The van der Waals surface area contributed by atoms with Crippen molar-refractivity contribution in [3.8, 4) is 11.5 Å². The molecule has 0 aromatic heterocycles. The van der Waals surface area contributed by atoms with Gasteiger partial charge in [-0.05, 0) is 44.5 Å². The largest absolute Gasteiger partial charge is 0.489 e. The van der Waals surface area contributed by atoms with Crippen LogP contribution >= 0.6 is 23.2 Å². The van der Waals surface area contributed by atoms with Crippen LogP contribution in [0.1, 0.15) is 26.3 Å². The molecule has 1 amide bonds. The third-order valence-electron chi connectivity index (χ3n) is 4.29. The van der Waals surface area contributed by atoms with E-state index in [9.17, 15) is 4.79 Å². The van der Waals surface area contributed by atoms with Gasteiger partial charge in [-0.15, -0.1) is 0 Å². The van der Waals surface area contributed by atoms with Gasteiger partial charge in [0.05, 0.1) is 19.7 Å². The molecule has 0 spiro atoms. The molecule has 0 N–H and O–H groups in total. The van der Waals surface area contributed by atoms with Gasteiger partial charge >= 0.3 is 6.09 Å². The average Bonchev–Trinajstić information content (AvgIpc) is 2.59. The van der Waals surface area contributed by atoms with E-state index in [0.29, 0.717) is 42.6 Å². The number of likely N-dealkylation sites (tertiary alicyclic amines) is 1. The van der Waals surface area contributed by atoms with Crippen molar-refractivity contribution in [1.29, 1.82) is 0 Å². The quantitative estimate of drug-likeness (QED) is 0.588. The summed E-state index contributed by atoms with van der Waals surface area (Å²) >= 11 is 12.3. The zero-order chi connectivity index (χ0) is 21.0. The van der Waals surface area contributed by atoms with Crippen molar-refractivity contribution in [2.45, 2.75) is 38.9 Å². The smallest absolute Gasteiger partial charge is 0.410 e. The van der Waals surface area contributed by atoms with Crippen molar-refractivity contribution in [1.82, 2.24) is 4.90 Å². The summed E-state index contributed by atoms with van der Waals surface area (Å²) in [5.41, 5.74) is 0.510. The van der Waals surface area contributed by atoms with Crippen molar-refractivity contribution in [3.63, 3.8) is 0 Å². The Hall–Kier alpha value is -2.11. The lowest BCUT2D eigenvalue weighted by Gasteiger charge is -2.39. The zero-order valence-corrected chi connectivity index (χ0v) is 18.3. The van der Waals surface area contributed by atoms with Gasteiger partial charge in [0.25, 0.3) is 0 Å². The van der Waals surface area contributed by atoms with Gasteiger partial charge in [-0.3, -0.25) is 0 Å². The van der Waals surface area contributed by atoms with Gasteiger partial charge in [0, 0.05) is 22.5 Å². The Balaban J connectivity index is 1.54. The minimum absolute atomic E-state index is 0.132. The van der Waals surface area contributed by atoms with Crippen molar-refractivity contribution >= 4 is 29.3 Å². The lowest BCUT2D eigenvalue weighted by molar-refractivity contribution is -0.0227. The van der Waals surface area contributed by atoms with Crippen LogP contribution in [-0.4, -0.2) is 42.4 Å². The molecular formula is C22H25Cl2NO4. The lowest BCUT2D eigenvalue weighted by Crippen LogP contribution is -2.57. The number of carbonyl (C=O) groups excluding carboxylic acids is 1. The Kier molecular flexibility index (Phi) is 6.81. The first kappa shape index (κ1) is 21.6. The van der Waals surface area contributed by atoms with Crippen molar-refractivity contribution < 1.29 is 19.0 Å². The van der Waals surface area contributed by atoms with Gasteiger partial charge < -0.3 is 19.1 Å². The summed E-state index contributed by atoms with van der Waals surface area (Å²) in [7, 11) is 0. The second-order valence-electron chi connectivity index (χ2n) is 7.91. The van der Waals surface area contributed by atoms with Crippen LogP contribution in [0.25, 0.3) is 0 Å². The lowest BCUT2D eigenvalue weighted by atomic mass is 10.1. The highest BCUT2D eigenvalue weighted by atomic mass is 35.5. The summed E-state index contributed by atoms with van der Waals surface area (Å²) in [4.78, 5) is 13.7. The van der Waals surface area contributed by atoms with Crippen LogP contribution in [0.5, 0.6) is 11.5 Å². The molecular weight excluding hydrogens is 413 g/mol. The molecule has 2 aromatic carbocycles. The van der Waals surface area contributed by atoms with Crippen LogP contribution in [0.2, 0.25) is 10.0 Å². The summed E-state index contributed by atoms with van der Waals surface area (Å²) in [6.45, 7) is 6.90. The number of halogens is 2. The molecule has 0 atom stereocenters. The van der Waals surface area contributed by atoms with Gasteiger partial charge in [-0.25, -0.2) is 4.79 Å². The van der Waals surface area contributed by atoms with E-state index in [0.717, 1.165) is 10.6 Å². The predicted molar refractivity (Wildman–Crippen MR) is 114 cm³/mol. The van der Waals surface area contributed by atoms with E-state index in [1.54, 1.807) is 23.1 Å². The Morgan fingerprint density at radius 1 is 1.10 bits per heavy atom. The molecule has 29 heavy (non-hydrogen) atoms. The minimum Gasteiger partial charge on any atom is -0.489 e. The van der Waals surface area contributed by atoms with E-state index < -0.39 is 5.60 Å². The fourth-order valence-corrected chi connectivity index (χ4v) is 3.23. The molecule has 1 saturated heterocycles. The van der Waals surface area contributed by atoms with Crippen LogP contribution in [0, 0.1) is 0 Å². The first-order chi connectivity index (χ1) is 13.7. The average molecular weight is 438 g/mol. The molecule has 5 nitrogen and oxygen atoms in total. The van der Waals surface area contributed by atoms with Crippen LogP contribution in [0.15, 0.2) is 42.5 Å². The highest BCUT2D eigenvalue weighted by Crippen LogP contribution is 2.33. The number of hydrogen-bond acceptors (Lipinski definition) is 4. The molecule has 0 aliphatic carbocycles. The first-order valence-electron chi connectivity index (χ1n) is 9.51. The molecule has 0 unspecified atom stereocenters. The number of benzene rings is 2. The molecule has 0 bridgehead atoms. The van der Waals surface area contributed by atoms with E-state index in [1.165, 1.54) is 0 Å². The van der Waals surface area contributed by atoms with Crippen LogP contribution in [0.4, 0.5) is 4.79 Å². The highest BCUT2D eigenvalue weighted by Gasteiger charge is 2.35. The zero-order valence-electron chi connectivity index (χ0n) is 16.8. The van der Waals surface area contributed by atoms with Crippen LogP contribution in [-0.2, 0) is 11.2 Å². The Morgan fingerprint density at radius 2 is 1.83 bits per heavy atom. The Bertz CT molecular complexity index is 860. The summed E-state index contributed by atoms with van der Waals surface area (Å²) in [6.07, 6.45) is 0.212. The predicted octanol–water partition coefficient (Wildman–Crippen LogP) is 5.61. The topological polar surface area (TPSA) is 48.0 Å². The maximum Gasteiger partial charge on any atom is 0.410 e. The fourth-order valence-electron chi connectivity index (χ4n) is 2.83. The van der Waals surface area contributed by atoms with Crippen LogP contribution in [0.3, 0.4) is 0 Å². The minimum atomic E-state index is -0.515. The monoisotopic (exact) mass is 437 g/mol. The number of amides is 1. The molecule has 0 radical (unpaired) electrons. The van der Waals surface area contributed by atoms with E-state index in [4.69, 9.17) is 37.4 Å². The summed E-state index contributed by atoms with van der Waals surface area (Å²) < 4.78 is 17.3. The number of nitrogens with zero attached hydrogens (tertiary/aromatic N) is 1. The van der Waals surface area contributed by atoms with Crippen molar-refractivity contribution in [2.24, 2.45) is 0 Å². The van der Waals surface area contributed by atoms with Crippen LogP contribution < -0.4 is 9.47 Å². The fraction of sp³-hybridized carbons (Fsp3) is 0.409. The molecule has 2 aromatic rings. The van der Waals surface area contributed by atoms with E-state index in [1.807, 2.05) is 45.0 Å². The molecule has 1 aliphatic heterocycles. The second-order valence-corrected chi connectivity index (χ2v) is 8.75. The Labute approximate surface area is 181 Å². The third kappa shape index (κ3) is 6.18. The summed E-state index contributed by atoms with van der Waals surface area (Å²) in [5.74, 6) is 1.17. The Morgan fingerprint density at radius 3 is 2.52 bits per heavy atom. The van der Waals surface area contributed by atoms with Gasteiger partial charge in [-0.1, -0.05) is 41.4 Å². The SMILES string of the molecule is CC(C)(C)OC(=O)N1CC(Oc2cc(Cl)ccc2OCCc2ccccc2Cl)C1. The normalized spacial score (nSPS) is 14.3. The second kappa shape index (κ2) is 9.14. The molecule has 1 fully saturated rings. The molecule has 0 saturated carbocycles. The molecule has 7 heteroatoms. The first-order valence-corrected chi connectivity index (χ1v) is 10.3. The number of ether oxygens (including phenoxy) is 3. The molecule has 156 valence electrons. The van der Waals surface area contributed by atoms with E-state index in [2.05, 4.69) is 0 Å². The van der Waals surface area contributed by atoms with Gasteiger partial charge in [-0.2, -0.15) is 0 Å². The number of hydrogen-bond donors (Lipinski definition) is 0. The van der Waals surface area contributed by atoms with Crippen molar-refractivity contribution in [3.05, 3.63) is 58.1 Å². The van der Waals surface area contributed by atoms with Gasteiger partial charge in [0.1, 0.15) is 11.7 Å². The number of rotatable bonds is 6. The molecule has 1 aliphatic rings. The standard InChI is InChI=1S/C22H25Cl2NO4/c1-22(2,3)29-21(26)25-13-17(14-25)28-20-12-16(23)8-9-19(20)27-11-10-15-6-4-5-7-18(15)24/h4-9,12,17H,10-11,13-14H2,1-3H3. The molecule has 1 heterocycles. The highest BCUT2D eigenvalue weighted by molar-refractivity contribution is 6.31. The van der Waals surface area contributed by atoms with Crippen molar-refractivity contribution in [2.75, 3.05) is 19.7 Å². The van der Waals surface area contributed by atoms with E-state index >= 15 is 0 Å². The third-order valence-corrected chi connectivity index (χ3v) is 4.89. The van der Waals surface area contributed by atoms with Gasteiger partial charge in [0.15, 0.2) is 11.5 Å². The maximum atomic E-state index is 12.1. The molecule has 3 rings (SSSR count). The van der Waals surface area contributed by atoms with Gasteiger partial charge in [0.2, 0.25) is 0 Å². The summed E-state index contributed by atoms with van der Waals surface area (Å²) in [5, 5.41) is 1.28.